The summed E-state index contributed by atoms with van der Waals surface area (Å²) in [5.74, 6) is 1.77. The van der Waals surface area contributed by atoms with Crippen LogP contribution in [0.3, 0.4) is 0 Å². The van der Waals surface area contributed by atoms with Crippen LogP contribution in [0.1, 0.15) is 24.1 Å². The zero-order valence-electron chi connectivity index (χ0n) is 16.6. The fourth-order valence-corrected chi connectivity index (χ4v) is 3.80. The average molecular weight is 416 g/mol. The molecule has 2 aliphatic heterocycles. The van der Waals surface area contributed by atoms with Crippen LogP contribution >= 0.6 is 11.6 Å². The number of amides is 1. The van der Waals surface area contributed by atoms with Gasteiger partial charge in [0.15, 0.2) is 11.5 Å². The molecule has 2 aliphatic rings. The highest BCUT2D eigenvalue weighted by Crippen LogP contribution is 2.32. The van der Waals surface area contributed by atoms with Crippen LogP contribution in [-0.2, 0) is 11.3 Å². The second-order valence-corrected chi connectivity index (χ2v) is 7.94. The highest BCUT2D eigenvalue weighted by atomic mass is 35.5. The molecule has 0 saturated carbocycles. The zero-order valence-corrected chi connectivity index (χ0v) is 17.3. The third-order valence-corrected chi connectivity index (χ3v) is 5.75. The fourth-order valence-electron chi connectivity index (χ4n) is 3.67. The minimum absolute atomic E-state index is 0.100. The molecule has 1 saturated heterocycles. The Bertz CT molecular complexity index is 851. The average Bonchev–Trinajstić information content (AvgIpc) is 3.21. The number of piperazine rings is 1. The van der Waals surface area contributed by atoms with Crippen LogP contribution in [0.15, 0.2) is 42.5 Å². The van der Waals surface area contributed by atoms with E-state index in [1.165, 1.54) is 5.56 Å². The van der Waals surface area contributed by atoms with Crippen molar-refractivity contribution >= 4 is 17.5 Å². The van der Waals surface area contributed by atoms with E-state index in [-0.39, 0.29) is 11.9 Å². The van der Waals surface area contributed by atoms with Gasteiger partial charge in [0.2, 0.25) is 12.7 Å². The van der Waals surface area contributed by atoms with Gasteiger partial charge in [0, 0.05) is 43.8 Å². The molecule has 2 heterocycles. The van der Waals surface area contributed by atoms with Crippen molar-refractivity contribution in [1.29, 1.82) is 0 Å². The van der Waals surface area contributed by atoms with Crippen molar-refractivity contribution in [1.82, 2.24) is 15.1 Å². The highest BCUT2D eigenvalue weighted by Gasteiger charge is 2.22. The van der Waals surface area contributed by atoms with E-state index in [1.54, 1.807) is 0 Å². The number of halogens is 1. The first-order valence-corrected chi connectivity index (χ1v) is 10.3. The fraction of sp³-hybridized carbons (Fsp3) is 0.409. The molecule has 1 amide bonds. The van der Waals surface area contributed by atoms with E-state index in [1.807, 2.05) is 41.3 Å². The molecule has 2 aromatic rings. The van der Waals surface area contributed by atoms with Crippen molar-refractivity contribution in [2.75, 3.05) is 39.5 Å². The molecule has 0 aliphatic carbocycles. The predicted molar refractivity (Wildman–Crippen MR) is 112 cm³/mol. The molecule has 7 heteroatoms. The van der Waals surface area contributed by atoms with Crippen molar-refractivity contribution < 1.29 is 14.3 Å². The predicted octanol–water partition coefficient (Wildman–Crippen LogP) is 3.06. The summed E-state index contributed by atoms with van der Waals surface area (Å²) in [6.07, 6.45) is 0. The summed E-state index contributed by atoms with van der Waals surface area (Å²) in [6, 6.07) is 13.9. The van der Waals surface area contributed by atoms with Crippen LogP contribution in [0, 0.1) is 0 Å². The number of benzene rings is 2. The van der Waals surface area contributed by atoms with E-state index >= 15 is 0 Å². The lowest BCUT2D eigenvalue weighted by Crippen LogP contribution is -2.50. The minimum Gasteiger partial charge on any atom is -0.454 e. The number of carbonyl (C=O) groups excluding carboxylic acids is 1. The Labute approximate surface area is 176 Å². The van der Waals surface area contributed by atoms with Crippen LogP contribution < -0.4 is 14.8 Å². The molecule has 29 heavy (non-hydrogen) atoms. The lowest BCUT2D eigenvalue weighted by Gasteiger charge is -2.35. The summed E-state index contributed by atoms with van der Waals surface area (Å²) in [4.78, 5) is 16.9. The molecule has 0 radical (unpaired) electrons. The maximum atomic E-state index is 12.6. The van der Waals surface area contributed by atoms with Gasteiger partial charge in [-0.1, -0.05) is 29.8 Å². The summed E-state index contributed by atoms with van der Waals surface area (Å²) in [5, 5.41) is 4.03. The number of fused-ring (bicyclic) bond motifs is 1. The molecule has 1 atom stereocenters. The van der Waals surface area contributed by atoms with E-state index < -0.39 is 0 Å². The number of rotatable bonds is 6. The topological polar surface area (TPSA) is 54.0 Å². The van der Waals surface area contributed by atoms with Gasteiger partial charge in [0.05, 0.1) is 6.54 Å². The first-order chi connectivity index (χ1) is 14.1. The molecule has 0 bridgehead atoms. The molecule has 4 rings (SSSR count). The Morgan fingerprint density at radius 2 is 1.79 bits per heavy atom. The number of nitrogens with zero attached hydrogens (tertiary/aromatic N) is 2. The van der Waals surface area contributed by atoms with Crippen molar-refractivity contribution in [2.45, 2.75) is 19.5 Å². The van der Waals surface area contributed by atoms with Crippen LogP contribution in [0.2, 0.25) is 5.02 Å². The summed E-state index contributed by atoms with van der Waals surface area (Å²) >= 11 is 5.94. The molecule has 1 fully saturated rings. The van der Waals surface area contributed by atoms with Crippen molar-refractivity contribution in [2.24, 2.45) is 0 Å². The van der Waals surface area contributed by atoms with Gasteiger partial charge >= 0.3 is 0 Å². The first-order valence-electron chi connectivity index (χ1n) is 9.96. The Morgan fingerprint density at radius 1 is 1.07 bits per heavy atom. The number of hydrogen-bond acceptors (Lipinski definition) is 5. The third kappa shape index (κ3) is 5.01. The highest BCUT2D eigenvalue weighted by molar-refractivity contribution is 6.30. The summed E-state index contributed by atoms with van der Waals surface area (Å²) in [7, 11) is 0. The maximum absolute atomic E-state index is 12.6. The lowest BCUT2D eigenvalue weighted by molar-refractivity contribution is -0.132. The van der Waals surface area contributed by atoms with E-state index in [0.29, 0.717) is 13.3 Å². The van der Waals surface area contributed by atoms with Gasteiger partial charge in [0.25, 0.3) is 0 Å². The van der Waals surface area contributed by atoms with E-state index in [2.05, 4.69) is 23.2 Å². The summed E-state index contributed by atoms with van der Waals surface area (Å²) in [6.45, 7) is 6.78. The van der Waals surface area contributed by atoms with Gasteiger partial charge in [-0.25, -0.2) is 0 Å². The largest absolute Gasteiger partial charge is 0.454 e. The Balaban J connectivity index is 1.21. The second kappa shape index (κ2) is 9.03. The lowest BCUT2D eigenvalue weighted by atomic mass is 10.1. The summed E-state index contributed by atoms with van der Waals surface area (Å²) < 4.78 is 10.8. The number of hydrogen-bond donors (Lipinski definition) is 1. The van der Waals surface area contributed by atoms with E-state index in [4.69, 9.17) is 21.1 Å². The van der Waals surface area contributed by atoms with Crippen LogP contribution in [0.4, 0.5) is 0 Å². The smallest absolute Gasteiger partial charge is 0.236 e. The SMILES string of the molecule is C[C@@H](NCC(=O)N1CCN(Cc2ccc3c(c2)OCO3)CC1)c1ccc(Cl)cc1. The maximum Gasteiger partial charge on any atom is 0.236 e. The second-order valence-electron chi connectivity index (χ2n) is 7.50. The third-order valence-electron chi connectivity index (χ3n) is 5.50. The monoisotopic (exact) mass is 415 g/mol. The van der Waals surface area contributed by atoms with Gasteiger partial charge in [-0.3, -0.25) is 9.69 Å². The molecule has 0 unspecified atom stereocenters. The van der Waals surface area contributed by atoms with Gasteiger partial charge in [0.1, 0.15) is 0 Å². The Hall–Kier alpha value is -2.28. The molecule has 2 aromatic carbocycles. The molecule has 1 N–H and O–H groups in total. The van der Waals surface area contributed by atoms with Crippen LogP contribution in [0.25, 0.3) is 0 Å². The van der Waals surface area contributed by atoms with Crippen molar-refractivity contribution in [3.8, 4) is 11.5 Å². The molecule has 154 valence electrons. The number of carbonyl (C=O) groups is 1. The van der Waals surface area contributed by atoms with Gasteiger partial charge in [-0.05, 0) is 42.3 Å². The van der Waals surface area contributed by atoms with E-state index in [0.717, 1.165) is 54.8 Å². The van der Waals surface area contributed by atoms with Gasteiger partial charge < -0.3 is 19.7 Å². The first kappa shape index (κ1) is 20.0. The van der Waals surface area contributed by atoms with Crippen LogP contribution in [0.5, 0.6) is 11.5 Å². The number of ether oxygens (including phenoxy) is 2. The zero-order chi connectivity index (χ0) is 20.2. The normalized spacial score (nSPS) is 17.4. The standard InChI is InChI=1S/C22H26ClN3O3/c1-16(18-3-5-19(23)6-4-18)24-13-22(27)26-10-8-25(9-11-26)14-17-2-7-20-21(12-17)29-15-28-20/h2-7,12,16,24H,8-11,13-15H2,1H3/t16-/m1/s1. The number of nitrogens with one attached hydrogen (secondary N) is 1. The Morgan fingerprint density at radius 3 is 2.55 bits per heavy atom. The Kier molecular flexibility index (Phi) is 6.23. The molecule has 0 spiro atoms. The van der Waals surface area contributed by atoms with Crippen molar-refractivity contribution in [3.05, 3.63) is 58.6 Å². The van der Waals surface area contributed by atoms with Gasteiger partial charge in [-0.15, -0.1) is 0 Å². The molecular formula is C22H26ClN3O3. The van der Waals surface area contributed by atoms with E-state index in [9.17, 15) is 4.79 Å². The molecule has 0 aromatic heterocycles. The van der Waals surface area contributed by atoms with Crippen LogP contribution in [-0.4, -0.2) is 55.2 Å². The van der Waals surface area contributed by atoms with Gasteiger partial charge in [-0.2, -0.15) is 0 Å². The van der Waals surface area contributed by atoms with Crippen molar-refractivity contribution in [3.63, 3.8) is 0 Å². The summed E-state index contributed by atoms with van der Waals surface area (Å²) in [5.41, 5.74) is 2.32. The molecule has 6 nitrogen and oxygen atoms in total. The quantitative estimate of drug-likeness (QED) is 0.785. The molecular weight excluding hydrogens is 390 g/mol. The minimum atomic E-state index is 0.100.